The number of fused-ring (bicyclic) bond motifs is 1. The number of nitrogens with one attached hydrogen (secondary N) is 1. The van der Waals surface area contributed by atoms with Crippen molar-refractivity contribution in [3.63, 3.8) is 0 Å². The molecule has 4 rings (SSSR count). The number of aromatic nitrogens is 3. The highest BCUT2D eigenvalue weighted by molar-refractivity contribution is 5.97. The average Bonchev–Trinajstić information content (AvgIpc) is 2.78. The van der Waals surface area contributed by atoms with Crippen LogP contribution in [0, 0.1) is 5.82 Å². The zero-order valence-corrected chi connectivity index (χ0v) is 16.2. The predicted molar refractivity (Wildman–Crippen MR) is 111 cm³/mol. The van der Waals surface area contributed by atoms with E-state index in [1.54, 1.807) is 38.7 Å². The molecule has 0 aliphatic heterocycles. The summed E-state index contributed by atoms with van der Waals surface area (Å²) in [4.78, 5) is 13.5. The lowest BCUT2D eigenvalue weighted by Crippen LogP contribution is -2.01. The van der Waals surface area contributed by atoms with Crippen LogP contribution in [0.2, 0.25) is 0 Å². The second kappa shape index (κ2) is 7.71. The second-order valence-corrected chi connectivity index (χ2v) is 6.31. The van der Waals surface area contributed by atoms with Gasteiger partial charge in [0.2, 0.25) is 0 Å². The molecule has 0 radical (unpaired) electrons. The van der Waals surface area contributed by atoms with E-state index >= 15 is 0 Å². The summed E-state index contributed by atoms with van der Waals surface area (Å²) >= 11 is 0. The van der Waals surface area contributed by atoms with Gasteiger partial charge in [0.25, 0.3) is 0 Å². The predicted octanol–water partition coefficient (Wildman–Crippen LogP) is 4.56. The Hall–Kier alpha value is -3.74. The number of hydrogen-bond acceptors (Lipinski definition) is 6. The SMILES string of the molecule is CNc1nc(-c2cccnc2)nc2c(OC)cc(-c3ccc(F)c(OC)c3)cc12. The van der Waals surface area contributed by atoms with Gasteiger partial charge >= 0.3 is 0 Å². The molecule has 0 unspecified atom stereocenters. The normalized spacial score (nSPS) is 10.8. The van der Waals surface area contributed by atoms with E-state index in [1.165, 1.54) is 13.2 Å². The van der Waals surface area contributed by atoms with Crippen molar-refractivity contribution in [3.05, 3.63) is 60.7 Å². The summed E-state index contributed by atoms with van der Waals surface area (Å²) in [7, 11) is 4.83. The Morgan fingerprint density at radius 1 is 0.897 bits per heavy atom. The van der Waals surface area contributed by atoms with Gasteiger partial charge < -0.3 is 14.8 Å². The molecule has 0 saturated heterocycles. The summed E-state index contributed by atoms with van der Waals surface area (Å²) < 4.78 is 24.6. The topological polar surface area (TPSA) is 69.2 Å². The fourth-order valence-electron chi connectivity index (χ4n) is 3.18. The van der Waals surface area contributed by atoms with Gasteiger partial charge in [-0.3, -0.25) is 4.98 Å². The average molecular weight is 390 g/mol. The maximum Gasteiger partial charge on any atom is 0.165 e. The molecule has 2 heterocycles. The lowest BCUT2D eigenvalue weighted by molar-refractivity contribution is 0.387. The van der Waals surface area contributed by atoms with Crippen LogP contribution in [0.5, 0.6) is 11.5 Å². The number of nitrogens with zero attached hydrogens (tertiary/aromatic N) is 3. The number of ether oxygens (including phenoxy) is 2. The number of anilines is 1. The van der Waals surface area contributed by atoms with E-state index in [1.807, 2.05) is 24.3 Å². The minimum atomic E-state index is -0.413. The van der Waals surface area contributed by atoms with Crippen molar-refractivity contribution in [2.45, 2.75) is 0 Å². The van der Waals surface area contributed by atoms with Crippen LogP contribution in [-0.2, 0) is 0 Å². The van der Waals surface area contributed by atoms with E-state index in [4.69, 9.17) is 14.5 Å². The lowest BCUT2D eigenvalue weighted by Gasteiger charge is -2.14. The molecule has 0 atom stereocenters. The summed E-state index contributed by atoms with van der Waals surface area (Å²) in [6.07, 6.45) is 3.42. The number of pyridine rings is 1. The molecule has 0 aliphatic rings. The molecule has 2 aromatic carbocycles. The Labute approximate surface area is 167 Å². The quantitative estimate of drug-likeness (QED) is 0.539. The molecule has 0 spiro atoms. The smallest absolute Gasteiger partial charge is 0.165 e. The van der Waals surface area contributed by atoms with Crippen molar-refractivity contribution in [2.75, 3.05) is 26.6 Å². The van der Waals surface area contributed by atoms with Gasteiger partial charge in [-0.05, 0) is 47.5 Å². The zero-order valence-electron chi connectivity index (χ0n) is 16.2. The van der Waals surface area contributed by atoms with E-state index in [0.29, 0.717) is 22.9 Å². The molecular weight excluding hydrogens is 371 g/mol. The summed E-state index contributed by atoms with van der Waals surface area (Å²) in [6.45, 7) is 0. The van der Waals surface area contributed by atoms with Crippen LogP contribution >= 0.6 is 0 Å². The molecule has 4 aromatic rings. The first-order valence-electron chi connectivity index (χ1n) is 8.96. The van der Waals surface area contributed by atoms with E-state index in [-0.39, 0.29) is 5.75 Å². The number of rotatable bonds is 5. The van der Waals surface area contributed by atoms with Gasteiger partial charge in [0.05, 0.1) is 14.2 Å². The van der Waals surface area contributed by atoms with Gasteiger partial charge in [-0.1, -0.05) is 6.07 Å². The Morgan fingerprint density at radius 3 is 2.38 bits per heavy atom. The molecule has 6 nitrogen and oxygen atoms in total. The van der Waals surface area contributed by atoms with Gasteiger partial charge in [-0.15, -0.1) is 0 Å². The third-order valence-corrected chi connectivity index (χ3v) is 4.63. The Bertz CT molecular complexity index is 1180. The summed E-state index contributed by atoms with van der Waals surface area (Å²) in [5, 5.41) is 3.92. The standard InChI is InChI=1S/C22H19FN4O2/c1-24-22-16-9-15(13-6-7-17(23)18(10-13)28-2)11-19(29-3)20(16)26-21(27-22)14-5-4-8-25-12-14/h4-12H,1-3H3,(H,24,26,27). The van der Waals surface area contributed by atoms with Crippen molar-refractivity contribution >= 4 is 16.7 Å². The van der Waals surface area contributed by atoms with E-state index in [2.05, 4.69) is 15.3 Å². The van der Waals surface area contributed by atoms with Gasteiger partial charge in [-0.25, -0.2) is 14.4 Å². The monoisotopic (exact) mass is 390 g/mol. The molecule has 0 fully saturated rings. The minimum Gasteiger partial charge on any atom is -0.494 e. The lowest BCUT2D eigenvalue weighted by atomic mass is 10.0. The van der Waals surface area contributed by atoms with Crippen molar-refractivity contribution in [1.82, 2.24) is 15.0 Å². The molecule has 1 N–H and O–H groups in total. The zero-order chi connectivity index (χ0) is 20.4. The molecule has 29 heavy (non-hydrogen) atoms. The van der Waals surface area contributed by atoms with E-state index in [0.717, 1.165) is 22.1 Å². The molecule has 0 aliphatic carbocycles. The van der Waals surface area contributed by atoms with Crippen LogP contribution in [0.1, 0.15) is 0 Å². The summed E-state index contributed by atoms with van der Waals surface area (Å²) in [5.74, 6) is 1.56. The summed E-state index contributed by atoms with van der Waals surface area (Å²) in [5.41, 5.74) is 3.10. The summed E-state index contributed by atoms with van der Waals surface area (Å²) in [6, 6.07) is 12.3. The molecule has 7 heteroatoms. The van der Waals surface area contributed by atoms with E-state index < -0.39 is 5.82 Å². The van der Waals surface area contributed by atoms with Crippen LogP contribution in [0.15, 0.2) is 54.9 Å². The molecule has 0 bridgehead atoms. The highest BCUT2D eigenvalue weighted by atomic mass is 19.1. The largest absolute Gasteiger partial charge is 0.494 e. The maximum atomic E-state index is 13.8. The van der Waals surface area contributed by atoms with Crippen LogP contribution in [-0.4, -0.2) is 36.2 Å². The molecule has 146 valence electrons. The molecule has 0 amide bonds. The second-order valence-electron chi connectivity index (χ2n) is 6.31. The van der Waals surface area contributed by atoms with Crippen LogP contribution in [0.3, 0.4) is 0 Å². The molecular formula is C22H19FN4O2. The van der Waals surface area contributed by atoms with Crippen molar-refractivity contribution in [2.24, 2.45) is 0 Å². The van der Waals surface area contributed by atoms with Gasteiger partial charge in [0, 0.05) is 30.4 Å². The van der Waals surface area contributed by atoms with Gasteiger partial charge in [0.1, 0.15) is 17.1 Å². The fraction of sp³-hybridized carbons (Fsp3) is 0.136. The van der Waals surface area contributed by atoms with Crippen LogP contribution < -0.4 is 14.8 Å². The first-order valence-corrected chi connectivity index (χ1v) is 8.96. The van der Waals surface area contributed by atoms with Crippen LogP contribution in [0.4, 0.5) is 10.2 Å². The third-order valence-electron chi connectivity index (χ3n) is 4.63. The maximum absolute atomic E-state index is 13.8. The minimum absolute atomic E-state index is 0.179. The Morgan fingerprint density at radius 2 is 1.69 bits per heavy atom. The first-order chi connectivity index (χ1) is 14.1. The fourth-order valence-corrected chi connectivity index (χ4v) is 3.18. The number of hydrogen-bond donors (Lipinski definition) is 1. The highest BCUT2D eigenvalue weighted by Crippen LogP contribution is 2.36. The van der Waals surface area contributed by atoms with Gasteiger partial charge in [0.15, 0.2) is 17.4 Å². The van der Waals surface area contributed by atoms with Crippen molar-refractivity contribution in [3.8, 4) is 34.0 Å². The van der Waals surface area contributed by atoms with Crippen molar-refractivity contribution < 1.29 is 13.9 Å². The van der Waals surface area contributed by atoms with E-state index in [9.17, 15) is 4.39 Å². The molecule has 2 aromatic heterocycles. The number of halogens is 1. The Kier molecular flexibility index (Phi) is 4.95. The number of benzene rings is 2. The van der Waals surface area contributed by atoms with Crippen molar-refractivity contribution in [1.29, 1.82) is 0 Å². The van der Waals surface area contributed by atoms with Gasteiger partial charge in [-0.2, -0.15) is 0 Å². The number of methoxy groups -OCH3 is 2. The third kappa shape index (κ3) is 3.42. The molecule has 0 saturated carbocycles. The van der Waals surface area contributed by atoms with Crippen LogP contribution in [0.25, 0.3) is 33.4 Å². The highest BCUT2D eigenvalue weighted by Gasteiger charge is 2.16. The Balaban J connectivity index is 1.95. The first kappa shape index (κ1) is 18.6.